The third kappa shape index (κ3) is 4.01. The Labute approximate surface area is 221 Å². The molecule has 0 unspecified atom stereocenters. The molecular formula is C29H34BrN5O. The second-order valence-electron chi connectivity index (χ2n) is 11.4. The molecule has 0 bridgehead atoms. The molecule has 0 radical (unpaired) electrons. The Balaban J connectivity index is 1.29. The first-order valence-electron chi connectivity index (χ1n) is 13.1. The molecule has 1 amide bonds. The molecule has 0 spiro atoms. The third-order valence-electron chi connectivity index (χ3n) is 8.44. The van der Waals surface area contributed by atoms with Crippen LogP contribution in [0.1, 0.15) is 72.4 Å². The van der Waals surface area contributed by atoms with Crippen LogP contribution in [0.5, 0.6) is 0 Å². The van der Waals surface area contributed by atoms with Crippen LogP contribution in [0.15, 0.2) is 47.2 Å². The highest BCUT2D eigenvalue weighted by molar-refractivity contribution is 9.10. The smallest absolute Gasteiger partial charge is 0.258 e. The van der Waals surface area contributed by atoms with E-state index in [2.05, 4.69) is 81.3 Å². The highest BCUT2D eigenvalue weighted by atomic mass is 79.9. The molecule has 1 aromatic heterocycles. The van der Waals surface area contributed by atoms with Crippen molar-refractivity contribution in [3.05, 3.63) is 75.3 Å². The molecule has 1 saturated carbocycles. The minimum Gasteiger partial charge on any atom is -0.320 e. The van der Waals surface area contributed by atoms with Crippen LogP contribution < -0.4 is 4.90 Å². The molecule has 6 nitrogen and oxygen atoms in total. The number of carbonyl (C=O) groups is 1. The second kappa shape index (κ2) is 9.10. The van der Waals surface area contributed by atoms with Crippen molar-refractivity contribution in [2.24, 2.45) is 18.9 Å². The third-order valence-corrected chi connectivity index (χ3v) is 9.15. The van der Waals surface area contributed by atoms with E-state index in [1.807, 2.05) is 16.5 Å². The number of nitrogens with zero attached hydrogens (tertiary/aromatic N) is 5. The predicted octanol–water partition coefficient (Wildman–Crippen LogP) is 5.69. The van der Waals surface area contributed by atoms with E-state index in [1.165, 1.54) is 24.0 Å². The fourth-order valence-corrected chi connectivity index (χ4v) is 7.41. The summed E-state index contributed by atoms with van der Waals surface area (Å²) in [7, 11) is 2.02. The number of aryl methyl sites for hydroxylation is 1. The number of piperidine rings is 1. The number of amides is 1. The summed E-state index contributed by atoms with van der Waals surface area (Å²) in [5, 5.41) is 8.65. The van der Waals surface area contributed by atoms with Crippen molar-refractivity contribution in [2.45, 2.75) is 58.0 Å². The second-order valence-corrected chi connectivity index (χ2v) is 12.2. The monoisotopic (exact) mass is 547 g/mol. The zero-order valence-electron chi connectivity index (χ0n) is 21.4. The fourth-order valence-electron chi connectivity index (χ4n) is 6.77. The van der Waals surface area contributed by atoms with E-state index in [0.29, 0.717) is 12.5 Å². The van der Waals surface area contributed by atoms with E-state index in [9.17, 15) is 4.79 Å². The summed E-state index contributed by atoms with van der Waals surface area (Å²) in [6.45, 7) is 8.38. The molecule has 0 N–H and O–H groups in total. The van der Waals surface area contributed by atoms with E-state index in [4.69, 9.17) is 0 Å². The van der Waals surface area contributed by atoms with Crippen LogP contribution in [-0.4, -0.2) is 38.7 Å². The molecule has 2 aromatic carbocycles. The number of anilines is 1. The van der Waals surface area contributed by atoms with Gasteiger partial charge >= 0.3 is 0 Å². The van der Waals surface area contributed by atoms with Crippen LogP contribution in [0, 0.1) is 11.8 Å². The Morgan fingerprint density at radius 1 is 1.14 bits per heavy atom. The van der Waals surface area contributed by atoms with Gasteiger partial charge < -0.3 is 9.47 Å². The minimum atomic E-state index is -0.143. The number of likely N-dealkylation sites (tertiary alicyclic amines) is 1. The number of fused-ring (bicyclic) bond motifs is 1. The summed E-state index contributed by atoms with van der Waals surface area (Å²) in [4.78, 5) is 18.1. The topological polar surface area (TPSA) is 54.3 Å². The Morgan fingerprint density at radius 2 is 1.97 bits per heavy atom. The molecule has 6 rings (SSSR count). The van der Waals surface area contributed by atoms with Crippen molar-refractivity contribution in [1.29, 1.82) is 0 Å². The predicted molar refractivity (Wildman–Crippen MR) is 145 cm³/mol. The van der Waals surface area contributed by atoms with Crippen molar-refractivity contribution in [2.75, 3.05) is 18.0 Å². The van der Waals surface area contributed by atoms with Gasteiger partial charge in [0.25, 0.3) is 5.91 Å². The van der Waals surface area contributed by atoms with Crippen LogP contribution in [0.25, 0.3) is 0 Å². The summed E-state index contributed by atoms with van der Waals surface area (Å²) in [6, 6.07) is 12.9. The van der Waals surface area contributed by atoms with Crippen LogP contribution in [0.4, 0.5) is 5.69 Å². The van der Waals surface area contributed by atoms with Crippen molar-refractivity contribution in [3.63, 3.8) is 0 Å². The minimum absolute atomic E-state index is 0.0893. The molecule has 7 heteroatoms. The molecule has 3 aromatic rings. The van der Waals surface area contributed by atoms with Gasteiger partial charge in [0.2, 0.25) is 0 Å². The van der Waals surface area contributed by atoms with Gasteiger partial charge in [-0.1, -0.05) is 41.9 Å². The Morgan fingerprint density at radius 3 is 2.69 bits per heavy atom. The maximum Gasteiger partial charge on any atom is 0.258 e. The molecule has 1 saturated heterocycles. The Bertz CT molecular complexity index is 1310. The van der Waals surface area contributed by atoms with Crippen LogP contribution >= 0.6 is 15.9 Å². The first kappa shape index (κ1) is 23.9. The quantitative estimate of drug-likeness (QED) is 0.412. The van der Waals surface area contributed by atoms with E-state index in [0.717, 1.165) is 65.5 Å². The average molecular weight is 549 g/mol. The number of rotatable bonds is 5. The summed E-state index contributed by atoms with van der Waals surface area (Å²) < 4.78 is 3.08. The highest BCUT2D eigenvalue weighted by Gasteiger charge is 2.48. The van der Waals surface area contributed by atoms with Crippen molar-refractivity contribution >= 4 is 27.5 Å². The number of hydrogen-bond acceptors (Lipinski definition) is 4. The average Bonchev–Trinajstić information content (AvgIpc) is 3.41. The lowest BCUT2D eigenvalue weighted by Crippen LogP contribution is -2.43. The number of aromatic nitrogens is 3. The van der Waals surface area contributed by atoms with E-state index in [-0.39, 0.29) is 11.3 Å². The zero-order chi connectivity index (χ0) is 25.0. The van der Waals surface area contributed by atoms with Gasteiger partial charge in [0.1, 0.15) is 12.2 Å². The zero-order valence-corrected chi connectivity index (χ0v) is 23.0. The maximum absolute atomic E-state index is 13.7. The Kier molecular flexibility index (Phi) is 6.03. The summed E-state index contributed by atoms with van der Waals surface area (Å²) >= 11 is 3.79. The lowest BCUT2D eigenvalue weighted by Gasteiger charge is -2.46. The first-order chi connectivity index (χ1) is 17.3. The summed E-state index contributed by atoms with van der Waals surface area (Å²) in [5.74, 6) is 2.48. The lowest BCUT2D eigenvalue weighted by molar-refractivity contribution is 0.0996. The van der Waals surface area contributed by atoms with Crippen LogP contribution in [-0.2, 0) is 25.6 Å². The van der Waals surface area contributed by atoms with Gasteiger partial charge in [-0.25, -0.2) is 0 Å². The SMILES string of the molecule is CC1CC(c2cccc(N3Cc4c(Br)cc(CN5CCC[C@H](C)C5)cc4C3=O)c2)(c2nncn2C)C1. The van der Waals surface area contributed by atoms with Gasteiger partial charge in [-0.05, 0) is 85.0 Å². The normalized spacial score (nSPS) is 26.2. The molecule has 2 fully saturated rings. The molecule has 3 aliphatic rings. The van der Waals surface area contributed by atoms with Crippen LogP contribution in [0.2, 0.25) is 0 Å². The molecule has 36 heavy (non-hydrogen) atoms. The lowest BCUT2D eigenvalue weighted by atomic mass is 9.58. The van der Waals surface area contributed by atoms with E-state index in [1.54, 1.807) is 6.33 Å². The summed E-state index contributed by atoms with van der Waals surface area (Å²) in [5.41, 5.74) is 5.15. The number of halogens is 1. The summed E-state index contributed by atoms with van der Waals surface area (Å²) in [6.07, 6.45) is 6.44. The molecular weight excluding hydrogens is 514 g/mol. The van der Waals surface area contributed by atoms with Gasteiger partial charge in [0.15, 0.2) is 0 Å². The molecule has 1 aliphatic carbocycles. The Hall–Kier alpha value is -2.51. The largest absolute Gasteiger partial charge is 0.320 e. The molecule has 3 heterocycles. The van der Waals surface area contributed by atoms with Crippen molar-refractivity contribution < 1.29 is 4.79 Å². The van der Waals surface area contributed by atoms with Gasteiger partial charge in [0, 0.05) is 35.9 Å². The number of benzene rings is 2. The fraction of sp³-hybridized carbons (Fsp3) is 0.483. The van der Waals surface area contributed by atoms with Crippen molar-refractivity contribution in [1.82, 2.24) is 19.7 Å². The van der Waals surface area contributed by atoms with Gasteiger partial charge in [-0.2, -0.15) is 0 Å². The van der Waals surface area contributed by atoms with Crippen molar-refractivity contribution in [3.8, 4) is 0 Å². The molecule has 1 atom stereocenters. The highest BCUT2D eigenvalue weighted by Crippen LogP contribution is 2.52. The maximum atomic E-state index is 13.7. The van der Waals surface area contributed by atoms with Gasteiger partial charge in [-0.15, -0.1) is 10.2 Å². The van der Waals surface area contributed by atoms with Gasteiger partial charge in [0.05, 0.1) is 12.0 Å². The molecule has 188 valence electrons. The number of hydrogen-bond donors (Lipinski definition) is 0. The molecule has 2 aliphatic heterocycles. The first-order valence-corrected chi connectivity index (χ1v) is 13.9. The van der Waals surface area contributed by atoms with Crippen LogP contribution in [0.3, 0.4) is 0 Å². The van der Waals surface area contributed by atoms with E-state index >= 15 is 0 Å². The van der Waals surface area contributed by atoms with E-state index < -0.39 is 0 Å². The van der Waals surface area contributed by atoms with Gasteiger partial charge in [-0.3, -0.25) is 9.69 Å². The standard InChI is InChI=1S/C29H34BrN5O/c1-19-6-5-9-34(15-19)16-21-10-24-25(26(30)11-21)17-35(27(24)36)23-8-4-7-22(12-23)29(13-20(2)14-29)28-32-31-18-33(28)3/h4,7-8,10-12,18-20H,5-6,9,13-17H2,1-3H3/t19-,20?,29?/m0/s1. The number of carbonyl (C=O) groups excluding carboxylic acids is 1.